The lowest BCUT2D eigenvalue weighted by molar-refractivity contribution is 0.404. The molecule has 1 rings (SSSR count). The van der Waals surface area contributed by atoms with E-state index in [2.05, 4.69) is 26.0 Å². The number of methoxy groups -OCH3 is 1. The van der Waals surface area contributed by atoms with Crippen molar-refractivity contribution in [3.63, 3.8) is 0 Å². The number of rotatable bonds is 3. The van der Waals surface area contributed by atoms with Gasteiger partial charge in [-0.2, -0.15) is 0 Å². The van der Waals surface area contributed by atoms with Crippen molar-refractivity contribution in [2.24, 2.45) is 5.11 Å². The van der Waals surface area contributed by atoms with Gasteiger partial charge in [0.1, 0.15) is 11.6 Å². The summed E-state index contributed by atoms with van der Waals surface area (Å²) >= 11 is 3.13. The molecule has 0 saturated carbocycles. The van der Waals surface area contributed by atoms with Crippen molar-refractivity contribution in [3.8, 4) is 5.75 Å². The summed E-state index contributed by atoms with van der Waals surface area (Å²) in [4.78, 5) is 2.56. The predicted octanol–water partition coefficient (Wildman–Crippen LogP) is 3.41. The molecule has 4 nitrogen and oxygen atoms in total. The van der Waals surface area contributed by atoms with E-state index in [1.54, 1.807) is 6.07 Å². The molecule has 0 aliphatic rings. The van der Waals surface area contributed by atoms with Gasteiger partial charge < -0.3 is 4.74 Å². The van der Waals surface area contributed by atoms with Crippen LogP contribution in [-0.2, 0) is 6.54 Å². The fraction of sp³-hybridized carbons (Fsp3) is 0.250. The minimum Gasteiger partial charge on any atom is -0.496 e. The van der Waals surface area contributed by atoms with Crippen molar-refractivity contribution >= 4 is 15.9 Å². The average Bonchev–Trinajstić information content (AvgIpc) is 2.15. The van der Waals surface area contributed by atoms with E-state index in [0.29, 0.717) is 10.2 Å². The van der Waals surface area contributed by atoms with Gasteiger partial charge in [0.05, 0.1) is 13.7 Å². The molecular formula is C8H7BrFN3O. The standard InChI is InChI=1S/C8H7BrFN3O/c1-14-8-3-5(9)2-7(10)6(8)4-12-13-11/h2-3H,4H2,1H3. The topological polar surface area (TPSA) is 58.0 Å². The normalized spacial score (nSPS) is 9.36. The van der Waals surface area contributed by atoms with Crippen LogP contribution in [0.5, 0.6) is 5.75 Å². The Bertz CT molecular complexity index is 390. The zero-order valence-electron chi connectivity index (χ0n) is 7.37. The number of hydrogen-bond donors (Lipinski definition) is 0. The summed E-state index contributed by atoms with van der Waals surface area (Å²) < 4.78 is 18.9. The zero-order chi connectivity index (χ0) is 10.6. The van der Waals surface area contributed by atoms with Gasteiger partial charge in [-0.05, 0) is 17.7 Å². The second-order valence-electron chi connectivity index (χ2n) is 2.46. The second kappa shape index (κ2) is 4.83. The van der Waals surface area contributed by atoms with Crippen molar-refractivity contribution in [3.05, 3.63) is 38.4 Å². The number of benzene rings is 1. The molecule has 0 aliphatic carbocycles. The molecule has 0 fully saturated rings. The summed E-state index contributed by atoms with van der Waals surface area (Å²) in [5.41, 5.74) is 8.38. The molecule has 0 saturated heterocycles. The molecule has 6 heteroatoms. The Morgan fingerprint density at radius 3 is 2.93 bits per heavy atom. The van der Waals surface area contributed by atoms with Crippen LogP contribution in [-0.4, -0.2) is 7.11 Å². The van der Waals surface area contributed by atoms with Gasteiger partial charge in [0.2, 0.25) is 0 Å². The molecule has 0 amide bonds. The quantitative estimate of drug-likeness (QED) is 0.466. The minimum atomic E-state index is -0.455. The summed E-state index contributed by atoms with van der Waals surface area (Å²) in [7, 11) is 1.43. The molecule has 0 heterocycles. The monoisotopic (exact) mass is 259 g/mol. The van der Waals surface area contributed by atoms with Gasteiger partial charge in [0.25, 0.3) is 0 Å². The van der Waals surface area contributed by atoms with E-state index in [0.717, 1.165) is 0 Å². The Morgan fingerprint density at radius 1 is 1.64 bits per heavy atom. The molecule has 1 aromatic rings. The average molecular weight is 260 g/mol. The Hall–Kier alpha value is -1.26. The first-order valence-electron chi connectivity index (χ1n) is 3.71. The lowest BCUT2D eigenvalue weighted by Gasteiger charge is -2.07. The summed E-state index contributed by atoms with van der Waals surface area (Å²) in [6, 6.07) is 2.91. The molecule has 0 aromatic heterocycles. The zero-order valence-corrected chi connectivity index (χ0v) is 8.95. The van der Waals surface area contributed by atoms with E-state index >= 15 is 0 Å². The molecule has 0 N–H and O–H groups in total. The maximum Gasteiger partial charge on any atom is 0.131 e. The second-order valence-corrected chi connectivity index (χ2v) is 3.37. The molecule has 0 radical (unpaired) electrons. The maximum atomic E-state index is 13.3. The molecule has 0 spiro atoms. The lowest BCUT2D eigenvalue weighted by atomic mass is 10.2. The predicted molar refractivity (Wildman–Crippen MR) is 53.5 cm³/mol. The highest BCUT2D eigenvalue weighted by Crippen LogP contribution is 2.27. The molecule has 0 unspecified atom stereocenters. The first kappa shape index (κ1) is 10.8. The summed E-state index contributed by atoms with van der Waals surface area (Å²) in [6.45, 7) is -0.0568. The molecular weight excluding hydrogens is 253 g/mol. The van der Waals surface area contributed by atoms with Crippen molar-refractivity contribution in [2.75, 3.05) is 7.11 Å². The van der Waals surface area contributed by atoms with E-state index in [9.17, 15) is 4.39 Å². The van der Waals surface area contributed by atoms with Gasteiger partial charge in [0.15, 0.2) is 0 Å². The number of azide groups is 1. The van der Waals surface area contributed by atoms with Crippen LogP contribution in [0.3, 0.4) is 0 Å². The number of halogens is 2. The van der Waals surface area contributed by atoms with Crippen LogP contribution in [0.1, 0.15) is 5.56 Å². The summed E-state index contributed by atoms with van der Waals surface area (Å²) in [5.74, 6) is -0.0899. The third-order valence-electron chi connectivity index (χ3n) is 1.63. The lowest BCUT2D eigenvalue weighted by Crippen LogP contribution is -1.94. The van der Waals surface area contributed by atoms with E-state index in [4.69, 9.17) is 10.3 Å². The van der Waals surface area contributed by atoms with Gasteiger partial charge in [-0.1, -0.05) is 21.0 Å². The number of hydrogen-bond acceptors (Lipinski definition) is 2. The van der Waals surface area contributed by atoms with E-state index < -0.39 is 5.82 Å². The van der Waals surface area contributed by atoms with Gasteiger partial charge in [-0.15, -0.1) is 0 Å². The van der Waals surface area contributed by atoms with E-state index in [1.807, 2.05) is 0 Å². The molecule has 0 atom stereocenters. The van der Waals surface area contributed by atoms with E-state index in [1.165, 1.54) is 13.2 Å². The summed E-state index contributed by atoms with van der Waals surface area (Å²) in [6.07, 6.45) is 0. The van der Waals surface area contributed by atoms with Crippen molar-refractivity contribution in [1.29, 1.82) is 0 Å². The fourth-order valence-electron chi connectivity index (χ4n) is 1.02. The summed E-state index contributed by atoms with van der Waals surface area (Å²) in [5, 5.41) is 3.29. The van der Waals surface area contributed by atoms with Crippen molar-refractivity contribution in [1.82, 2.24) is 0 Å². The molecule has 0 aliphatic heterocycles. The van der Waals surface area contributed by atoms with Crippen LogP contribution in [0, 0.1) is 5.82 Å². The third-order valence-corrected chi connectivity index (χ3v) is 2.09. The van der Waals surface area contributed by atoms with Gasteiger partial charge in [-0.3, -0.25) is 0 Å². The van der Waals surface area contributed by atoms with Crippen LogP contribution < -0.4 is 4.74 Å². The highest BCUT2D eigenvalue weighted by atomic mass is 79.9. The van der Waals surface area contributed by atoms with Gasteiger partial charge >= 0.3 is 0 Å². The SMILES string of the molecule is COc1cc(Br)cc(F)c1CN=[N+]=[N-]. The van der Waals surface area contributed by atoms with Crippen LogP contribution in [0.15, 0.2) is 21.7 Å². The molecule has 74 valence electrons. The molecule has 0 bridgehead atoms. The minimum absolute atomic E-state index is 0.0568. The Kier molecular flexibility index (Phi) is 3.73. The van der Waals surface area contributed by atoms with Gasteiger partial charge in [-0.25, -0.2) is 4.39 Å². The number of nitrogens with zero attached hydrogens (tertiary/aromatic N) is 3. The van der Waals surface area contributed by atoms with Crippen LogP contribution in [0.2, 0.25) is 0 Å². The highest BCUT2D eigenvalue weighted by Gasteiger charge is 2.09. The third kappa shape index (κ3) is 2.37. The van der Waals surface area contributed by atoms with Gasteiger partial charge in [0, 0.05) is 14.9 Å². The van der Waals surface area contributed by atoms with Crippen molar-refractivity contribution in [2.45, 2.75) is 6.54 Å². The number of ether oxygens (including phenoxy) is 1. The Labute approximate surface area is 88.4 Å². The van der Waals surface area contributed by atoms with Crippen molar-refractivity contribution < 1.29 is 9.13 Å². The highest BCUT2D eigenvalue weighted by molar-refractivity contribution is 9.10. The van der Waals surface area contributed by atoms with Crippen LogP contribution in [0.25, 0.3) is 10.4 Å². The molecule has 14 heavy (non-hydrogen) atoms. The first-order chi connectivity index (χ1) is 6.69. The molecule has 1 aromatic carbocycles. The maximum absolute atomic E-state index is 13.3. The van der Waals surface area contributed by atoms with E-state index in [-0.39, 0.29) is 12.1 Å². The Morgan fingerprint density at radius 2 is 2.36 bits per heavy atom. The van der Waals surface area contributed by atoms with Crippen LogP contribution >= 0.6 is 15.9 Å². The fourth-order valence-corrected chi connectivity index (χ4v) is 1.43. The largest absolute Gasteiger partial charge is 0.496 e. The van der Waals surface area contributed by atoms with Crippen LogP contribution in [0.4, 0.5) is 4.39 Å². The Balaban J connectivity index is 3.17. The first-order valence-corrected chi connectivity index (χ1v) is 4.51. The smallest absolute Gasteiger partial charge is 0.131 e.